The van der Waals surface area contributed by atoms with E-state index in [1.165, 1.54) is 16.8 Å². The van der Waals surface area contributed by atoms with E-state index in [2.05, 4.69) is 28.9 Å². The van der Waals surface area contributed by atoms with Gasteiger partial charge in [0, 0.05) is 38.4 Å². The largest absolute Gasteiger partial charge is 0.497 e. The van der Waals surface area contributed by atoms with Crippen molar-refractivity contribution in [2.75, 3.05) is 45.8 Å². The topological polar surface area (TPSA) is 50.7 Å². The third kappa shape index (κ3) is 3.39. The van der Waals surface area contributed by atoms with Gasteiger partial charge in [0.25, 0.3) is 0 Å². The molecule has 0 amide bonds. The van der Waals surface area contributed by atoms with Crippen LogP contribution in [0.15, 0.2) is 24.3 Å². The van der Waals surface area contributed by atoms with Crippen LogP contribution >= 0.6 is 0 Å². The number of fused-ring (bicyclic) bond motifs is 2. The molecule has 2 aliphatic rings. The Morgan fingerprint density at radius 3 is 2.70 bits per heavy atom. The Hall–Kier alpha value is -2.18. The minimum atomic E-state index is -0.0293. The number of aryl methyl sites for hydroxylation is 1. The lowest BCUT2D eigenvalue weighted by molar-refractivity contribution is 0.0498. The SMILES string of the molecule is COc1ccc(CN2CCC3(COCc4c(C)nc(N(C)C)nc43)C2)cc1. The number of hydrogen-bond donors (Lipinski definition) is 0. The summed E-state index contributed by atoms with van der Waals surface area (Å²) < 4.78 is 11.3. The van der Waals surface area contributed by atoms with Gasteiger partial charge in [-0.2, -0.15) is 0 Å². The molecule has 0 aliphatic carbocycles. The highest BCUT2D eigenvalue weighted by Gasteiger charge is 2.45. The van der Waals surface area contributed by atoms with E-state index in [9.17, 15) is 0 Å². The average molecular weight is 368 g/mol. The Bertz CT molecular complexity index is 822. The van der Waals surface area contributed by atoms with E-state index >= 15 is 0 Å². The minimum absolute atomic E-state index is 0.0293. The molecule has 2 aliphatic heterocycles. The molecular weight excluding hydrogens is 340 g/mol. The number of aromatic nitrogens is 2. The second kappa shape index (κ2) is 7.09. The zero-order valence-electron chi connectivity index (χ0n) is 16.7. The van der Waals surface area contributed by atoms with Crippen molar-refractivity contribution in [2.45, 2.75) is 31.9 Å². The molecule has 1 aromatic heterocycles. The molecule has 4 rings (SSSR count). The Labute approximate surface area is 161 Å². The molecule has 27 heavy (non-hydrogen) atoms. The fraction of sp³-hybridized carbons (Fsp3) is 0.524. The van der Waals surface area contributed by atoms with Gasteiger partial charge in [0.05, 0.1) is 31.4 Å². The van der Waals surface area contributed by atoms with E-state index in [4.69, 9.17) is 14.5 Å². The summed E-state index contributed by atoms with van der Waals surface area (Å²) in [7, 11) is 5.70. The van der Waals surface area contributed by atoms with Crippen molar-refractivity contribution in [2.24, 2.45) is 0 Å². The van der Waals surface area contributed by atoms with Crippen LogP contribution in [-0.4, -0.2) is 55.8 Å². The summed E-state index contributed by atoms with van der Waals surface area (Å²) in [6, 6.07) is 8.34. The van der Waals surface area contributed by atoms with Crippen LogP contribution in [0, 0.1) is 6.92 Å². The Kier molecular flexibility index (Phi) is 4.78. The summed E-state index contributed by atoms with van der Waals surface area (Å²) in [4.78, 5) is 14.1. The summed E-state index contributed by atoms with van der Waals surface area (Å²) in [5.41, 5.74) is 4.69. The van der Waals surface area contributed by atoms with Crippen molar-refractivity contribution < 1.29 is 9.47 Å². The van der Waals surface area contributed by atoms with Crippen molar-refractivity contribution >= 4 is 5.95 Å². The lowest BCUT2D eigenvalue weighted by atomic mass is 9.80. The van der Waals surface area contributed by atoms with Gasteiger partial charge in [-0.3, -0.25) is 4.90 Å². The van der Waals surface area contributed by atoms with Gasteiger partial charge in [-0.05, 0) is 37.6 Å². The quantitative estimate of drug-likeness (QED) is 0.827. The molecule has 1 fully saturated rings. The summed E-state index contributed by atoms with van der Waals surface area (Å²) in [5.74, 6) is 1.69. The van der Waals surface area contributed by atoms with Crippen molar-refractivity contribution in [1.82, 2.24) is 14.9 Å². The van der Waals surface area contributed by atoms with E-state index in [-0.39, 0.29) is 5.41 Å². The highest BCUT2D eigenvalue weighted by molar-refractivity contribution is 5.41. The van der Waals surface area contributed by atoms with Crippen LogP contribution in [0.4, 0.5) is 5.95 Å². The monoisotopic (exact) mass is 368 g/mol. The van der Waals surface area contributed by atoms with Gasteiger partial charge >= 0.3 is 0 Å². The van der Waals surface area contributed by atoms with E-state index in [1.807, 2.05) is 31.1 Å². The first-order valence-corrected chi connectivity index (χ1v) is 9.49. The lowest BCUT2D eigenvalue weighted by Gasteiger charge is -2.35. The van der Waals surface area contributed by atoms with Gasteiger partial charge in [-0.15, -0.1) is 0 Å². The van der Waals surface area contributed by atoms with Gasteiger partial charge in [0.2, 0.25) is 5.95 Å². The fourth-order valence-corrected chi connectivity index (χ4v) is 4.20. The molecule has 0 N–H and O–H groups in total. The number of hydrogen-bond acceptors (Lipinski definition) is 6. The molecule has 1 saturated heterocycles. The first kappa shape index (κ1) is 18.2. The second-order valence-electron chi connectivity index (χ2n) is 7.91. The molecular formula is C21H28N4O2. The number of benzene rings is 1. The first-order chi connectivity index (χ1) is 13.0. The van der Waals surface area contributed by atoms with E-state index < -0.39 is 0 Å². The molecule has 6 heteroatoms. The van der Waals surface area contributed by atoms with Gasteiger partial charge in [-0.25, -0.2) is 9.97 Å². The maximum Gasteiger partial charge on any atom is 0.225 e. The summed E-state index contributed by atoms with van der Waals surface area (Å²) in [6.07, 6.45) is 1.07. The van der Waals surface area contributed by atoms with Crippen LogP contribution in [0.1, 0.15) is 28.9 Å². The van der Waals surface area contributed by atoms with Crippen LogP contribution in [0.5, 0.6) is 5.75 Å². The van der Waals surface area contributed by atoms with Crippen molar-refractivity contribution in [3.8, 4) is 5.75 Å². The van der Waals surface area contributed by atoms with Crippen molar-refractivity contribution in [3.63, 3.8) is 0 Å². The van der Waals surface area contributed by atoms with Crippen LogP contribution in [0.3, 0.4) is 0 Å². The average Bonchev–Trinajstić information content (AvgIpc) is 3.06. The molecule has 0 bridgehead atoms. The molecule has 0 radical (unpaired) electrons. The number of rotatable bonds is 4. The zero-order chi connectivity index (χ0) is 19.0. The van der Waals surface area contributed by atoms with Crippen molar-refractivity contribution in [3.05, 3.63) is 46.8 Å². The van der Waals surface area contributed by atoms with E-state index in [1.54, 1.807) is 7.11 Å². The molecule has 144 valence electrons. The molecule has 2 aromatic rings. The smallest absolute Gasteiger partial charge is 0.225 e. The van der Waals surface area contributed by atoms with Gasteiger partial charge in [0.15, 0.2) is 0 Å². The first-order valence-electron chi connectivity index (χ1n) is 9.49. The summed E-state index contributed by atoms with van der Waals surface area (Å²) in [5, 5.41) is 0. The molecule has 1 unspecified atom stereocenters. The summed E-state index contributed by atoms with van der Waals surface area (Å²) >= 11 is 0. The maximum absolute atomic E-state index is 6.01. The van der Waals surface area contributed by atoms with Crippen molar-refractivity contribution in [1.29, 1.82) is 0 Å². The third-order valence-electron chi connectivity index (χ3n) is 5.73. The third-order valence-corrected chi connectivity index (χ3v) is 5.73. The molecule has 0 saturated carbocycles. The number of methoxy groups -OCH3 is 1. The van der Waals surface area contributed by atoms with Crippen LogP contribution in [-0.2, 0) is 23.3 Å². The molecule has 6 nitrogen and oxygen atoms in total. The Balaban J connectivity index is 1.58. The second-order valence-corrected chi connectivity index (χ2v) is 7.91. The van der Waals surface area contributed by atoms with Crippen LogP contribution < -0.4 is 9.64 Å². The van der Waals surface area contributed by atoms with Gasteiger partial charge in [0.1, 0.15) is 5.75 Å². The molecule has 1 aromatic carbocycles. The van der Waals surface area contributed by atoms with Crippen LogP contribution in [0.2, 0.25) is 0 Å². The predicted molar refractivity (Wildman–Crippen MR) is 105 cm³/mol. The minimum Gasteiger partial charge on any atom is -0.497 e. The standard InChI is InChI=1S/C21H28N4O2/c1-15-18-12-27-14-21(19(18)23-20(22-15)24(2)3)9-10-25(13-21)11-16-5-7-17(26-4)8-6-16/h5-8H,9-14H2,1-4H3. The lowest BCUT2D eigenvalue weighted by Crippen LogP contribution is -2.41. The molecule has 1 atom stereocenters. The number of nitrogens with zero attached hydrogens (tertiary/aromatic N) is 4. The maximum atomic E-state index is 6.01. The highest BCUT2D eigenvalue weighted by atomic mass is 16.5. The Morgan fingerprint density at radius 1 is 1.22 bits per heavy atom. The van der Waals surface area contributed by atoms with E-state index in [0.29, 0.717) is 6.61 Å². The van der Waals surface area contributed by atoms with Gasteiger partial charge in [-0.1, -0.05) is 12.1 Å². The van der Waals surface area contributed by atoms with Gasteiger partial charge < -0.3 is 14.4 Å². The number of ether oxygens (including phenoxy) is 2. The number of likely N-dealkylation sites (tertiary alicyclic amines) is 1. The summed E-state index contributed by atoms with van der Waals surface area (Å²) in [6.45, 7) is 6.38. The fourth-order valence-electron chi connectivity index (χ4n) is 4.20. The van der Waals surface area contributed by atoms with Crippen LogP contribution in [0.25, 0.3) is 0 Å². The normalized spacial score (nSPS) is 22.1. The zero-order valence-corrected chi connectivity index (χ0v) is 16.7. The number of anilines is 1. The Morgan fingerprint density at radius 2 is 2.00 bits per heavy atom. The molecule has 1 spiro atoms. The van der Waals surface area contributed by atoms with E-state index in [0.717, 1.165) is 50.1 Å². The highest BCUT2D eigenvalue weighted by Crippen LogP contribution is 2.40. The molecule has 3 heterocycles. The predicted octanol–water partition coefficient (Wildman–Crippen LogP) is 2.53.